The largest absolute Gasteiger partial charge is 0.478 e. The van der Waals surface area contributed by atoms with E-state index in [1.807, 2.05) is 25.1 Å². The number of ether oxygens (including phenoxy) is 1. The maximum Gasteiger partial charge on any atom is 0.263 e. The van der Waals surface area contributed by atoms with Crippen LogP contribution in [0, 0.1) is 0 Å². The molecule has 0 radical (unpaired) electrons. The summed E-state index contributed by atoms with van der Waals surface area (Å²) in [4.78, 5) is 12.5. The van der Waals surface area contributed by atoms with Crippen molar-refractivity contribution in [1.29, 1.82) is 0 Å². The predicted molar refractivity (Wildman–Crippen MR) is 98.5 cm³/mol. The van der Waals surface area contributed by atoms with Crippen LogP contribution in [0.4, 0.5) is 0 Å². The van der Waals surface area contributed by atoms with E-state index in [2.05, 4.69) is 17.4 Å². The third-order valence-electron chi connectivity index (χ3n) is 3.82. The summed E-state index contributed by atoms with van der Waals surface area (Å²) in [5.74, 6) is 0.495. The second-order valence-corrected chi connectivity index (χ2v) is 6.90. The zero-order valence-electron chi connectivity index (χ0n) is 14.4. The van der Waals surface area contributed by atoms with Gasteiger partial charge in [0.1, 0.15) is 5.75 Å². The highest BCUT2D eigenvalue weighted by molar-refractivity contribution is 6.30. The van der Waals surface area contributed by atoms with E-state index in [4.69, 9.17) is 16.3 Å². The third-order valence-corrected chi connectivity index (χ3v) is 4.07. The molecule has 128 valence electrons. The Labute approximate surface area is 149 Å². The van der Waals surface area contributed by atoms with Crippen LogP contribution in [0.3, 0.4) is 0 Å². The van der Waals surface area contributed by atoms with Crippen LogP contribution in [0.5, 0.6) is 5.75 Å². The molecule has 0 fully saturated rings. The Morgan fingerprint density at radius 3 is 2.38 bits per heavy atom. The molecule has 3 nitrogen and oxygen atoms in total. The third kappa shape index (κ3) is 5.57. The smallest absolute Gasteiger partial charge is 0.263 e. The lowest BCUT2D eigenvalue weighted by Gasteiger charge is -2.27. The van der Waals surface area contributed by atoms with Gasteiger partial charge in [-0.15, -0.1) is 0 Å². The number of hydrogen-bond donors (Lipinski definition) is 1. The summed E-state index contributed by atoms with van der Waals surface area (Å²) in [6.07, 6.45) is 1.81. The molecule has 0 heterocycles. The zero-order chi connectivity index (χ0) is 17.6. The van der Waals surface area contributed by atoms with Gasteiger partial charge in [0.25, 0.3) is 5.91 Å². The summed E-state index contributed by atoms with van der Waals surface area (Å²) in [5.41, 5.74) is 0.324. The SMILES string of the molecule is CC(CCc1ccccc1)NC(=O)C(C)(C)Oc1ccc(Cl)cc1. The number of rotatable bonds is 7. The average molecular weight is 346 g/mol. The Bertz CT molecular complexity index is 653. The van der Waals surface area contributed by atoms with Gasteiger partial charge in [0, 0.05) is 11.1 Å². The minimum Gasteiger partial charge on any atom is -0.478 e. The maximum absolute atomic E-state index is 12.5. The van der Waals surface area contributed by atoms with Crippen LogP contribution in [-0.2, 0) is 11.2 Å². The number of carbonyl (C=O) groups excluding carboxylic acids is 1. The second kappa shape index (κ2) is 8.20. The Kier molecular flexibility index (Phi) is 6.27. The van der Waals surface area contributed by atoms with Crippen LogP contribution >= 0.6 is 11.6 Å². The van der Waals surface area contributed by atoms with Gasteiger partial charge in [0.05, 0.1) is 0 Å². The number of amides is 1. The Hall–Kier alpha value is -2.00. The summed E-state index contributed by atoms with van der Waals surface area (Å²) in [6.45, 7) is 5.54. The predicted octanol–water partition coefficient (Wildman–Crippen LogP) is 4.63. The normalized spacial score (nSPS) is 12.5. The van der Waals surface area contributed by atoms with Crippen LogP contribution in [0.15, 0.2) is 54.6 Å². The van der Waals surface area contributed by atoms with Gasteiger partial charge in [-0.05, 0) is 63.4 Å². The van der Waals surface area contributed by atoms with Gasteiger partial charge in [-0.2, -0.15) is 0 Å². The minimum atomic E-state index is -0.950. The first-order chi connectivity index (χ1) is 11.4. The van der Waals surface area contributed by atoms with Crippen LogP contribution in [0.1, 0.15) is 32.8 Å². The van der Waals surface area contributed by atoms with E-state index >= 15 is 0 Å². The van der Waals surface area contributed by atoms with Gasteiger partial charge in [0.2, 0.25) is 0 Å². The lowest BCUT2D eigenvalue weighted by Crippen LogP contribution is -2.49. The first kappa shape index (κ1) is 18.3. The number of aryl methyl sites for hydroxylation is 1. The molecule has 0 spiro atoms. The molecule has 24 heavy (non-hydrogen) atoms. The Morgan fingerprint density at radius 1 is 1.12 bits per heavy atom. The molecule has 1 amide bonds. The van der Waals surface area contributed by atoms with Gasteiger partial charge in [0.15, 0.2) is 5.60 Å². The number of hydrogen-bond acceptors (Lipinski definition) is 2. The first-order valence-electron chi connectivity index (χ1n) is 8.16. The average Bonchev–Trinajstić information content (AvgIpc) is 2.56. The van der Waals surface area contributed by atoms with E-state index in [9.17, 15) is 4.79 Å². The fraction of sp³-hybridized carbons (Fsp3) is 0.350. The summed E-state index contributed by atoms with van der Waals surface area (Å²) >= 11 is 5.86. The summed E-state index contributed by atoms with van der Waals surface area (Å²) < 4.78 is 5.81. The van der Waals surface area contributed by atoms with E-state index in [1.54, 1.807) is 38.1 Å². The van der Waals surface area contributed by atoms with Crippen molar-refractivity contribution in [3.05, 3.63) is 65.2 Å². The van der Waals surface area contributed by atoms with Crippen LogP contribution in [0.25, 0.3) is 0 Å². The van der Waals surface area contributed by atoms with Crippen molar-refractivity contribution in [3.63, 3.8) is 0 Å². The molecular formula is C20H24ClNO2. The molecule has 2 aromatic rings. The highest BCUT2D eigenvalue weighted by Crippen LogP contribution is 2.21. The van der Waals surface area contributed by atoms with Crippen molar-refractivity contribution < 1.29 is 9.53 Å². The monoisotopic (exact) mass is 345 g/mol. The summed E-state index contributed by atoms with van der Waals surface area (Å²) in [5, 5.41) is 3.67. The zero-order valence-corrected chi connectivity index (χ0v) is 15.1. The van der Waals surface area contributed by atoms with E-state index in [0.717, 1.165) is 12.8 Å². The molecular weight excluding hydrogens is 322 g/mol. The fourth-order valence-electron chi connectivity index (χ4n) is 2.34. The van der Waals surface area contributed by atoms with Gasteiger partial charge in [-0.25, -0.2) is 0 Å². The molecule has 0 aliphatic rings. The van der Waals surface area contributed by atoms with E-state index < -0.39 is 5.60 Å². The molecule has 1 N–H and O–H groups in total. The number of benzene rings is 2. The molecule has 1 atom stereocenters. The number of halogens is 1. The molecule has 0 aliphatic heterocycles. The summed E-state index contributed by atoms with van der Waals surface area (Å²) in [6, 6.07) is 17.3. The number of carbonyl (C=O) groups is 1. The van der Waals surface area contributed by atoms with Crippen molar-refractivity contribution in [2.75, 3.05) is 0 Å². The molecule has 2 aromatic carbocycles. The molecule has 4 heteroatoms. The maximum atomic E-state index is 12.5. The molecule has 0 aliphatic carbocycles. The first-order valence-corrected chi connectivity index (χ1v) is 8.54. The molecule has 0 saturated heterocycles. The molecule has 0 aromatic heterocycles. The van der Waals surface area contributed by atoms with E-state index in [1.165, 1.54) is 5.56 Å². The lowest BCUT2D eigenvalue weighted by atomic mass is 10.0. The van der Waals surface area contributed by atoms with Gasteiger partial charge in [-0.3, -0.25) is 4.79 Å². The number of nitrogens with one attached hydrogen (secondary N) is 1. The van der Waals surface area contributed by atoms with Crippen molar-refractivity contribution in [3.8, 4) is 5.75 Å². The van der Waals surface area contributed by atoms with Gasteiger partial charge < -0.3 is 10.1 Å². The van der Waals surface area contributed by atoms with Crippen molar-refractivity contribution in [2.24, 2.45) is 0 Å². The quantitative estimate of drug-likeness (QED) is 0.794. The lowest BCUT2D eigenvalue weighted by molar-refractivity contribution is -0.134. The van der Waals surface area contributed by atoms with Crippen LogP contribution in [0.2, 0.25) is 5.02 Å². The van der Waals surface area contributed by atoms with Crippen LogP contribution in [-0.4, -0.2) is 17.6 Å². The second-order valence-electron chi connectivity index (χ2n) is 6.47. The van der Waals surface area contributed by atoms with Crippen LogP contribution < -0.4 is 10.1 Å². The Morgan fingerprint density at radius 2 is 1.75 bits per heavy atom. The van der Waals surface area contributed by atoms with Crippen molar-refractivity contribution in [1.82, 2.24) is 5.32 Å². The topological polar surface area (TPSA) is 38.3 Å². The van der Waals surface area contributed by atoms with Gasteiger partial charge >= 0.3 is 0 Å². The highest BCUT2D eigenvalue weighted by Gasteiger charge is 2.30. The summed E-state index contributed by atoms with van der Waals surface area (Å²) in [7, 11) is 0. The fourth-order valence-corrected chi connectivity index (χ4v) is 2.47. The highest BCUT2D eigenvalue weighted by atomic mass is 35.5. The van der Waals surface area contributed by atoms with Gasteiger partial charge in [-0.1, -0.05) is 41.9 Å². The molecule has 1 unspecified atom stereocenters. The molecule has 0 bridgehead atoms. The Balaban J connectivity index is 1.86. The molecule has 0 saturated carbocycles. The van der Waals surface area contributed by atoms with Crippen molar-refractivity contribution >= 4 is 17.5 Å². The van der Waals surface area contributed by atoms with Crippen molar-refractivity contribution in [2.45, 2.75) is 45.3 Å². The molecule has 2 rings (SSSR count). The standard InChI is InChI=1S/C20H24ClNO2/c1-15(9-10-16-7-5-4-6-8-16)22-19(23)20(2,3)24-18-13-11-17(21)12-14-18/h4-8,11-15H,9-10H2,1-3H3,(H,22,23). The minimum absolute atomic E-state index is 0.0748. The van der Waals surface area contributed by atoms with E-state index in [-0.39, 0.29) is 11.9 Å². The van der Waals surface area contributed by atoms with E-state index in [0.29, 0.717) is 10.8 Å².